The van der Waals surface area contributed by atoms with Crippen LogP contribution in [0.1, 0.15) is 66.7 Å². The number of rotatable bonds is 9. The Morgan fingerprint density at radius 2 is 1.80 bits per heavy atom. The number of benzene rings is 2. The lowest BCUT2D eigenvalue weighted by atomic mass is 10.0. The zero-order valence-electron chi connectivity index (χ0n) is 26.5. The van der Waals surface area contributed by atoms with Crippen molar-refractivity contribution < 1.29 is 33.4 Å². The van der Waals surface area contributed by atoms with Gasteiger partial charge in [-0.2, -0.15) is 0 Å². The third-order valence-corrected chi connectivity index (χ3v) is 9.83. The second-order valence-corrected chi connectivity index (χ2v) is 19.6. The number of alkyl carbamates (subject to hydrolysis) is 1. The Balaban J connectivity index is 1.26. The van der Waals surface area contributed by atoms with Gasteiger partial charge in [-0.05, 0) is 68.1 Å². The summed E-state index contributed by atoms with van der Waals surface area (Å²) in [4.78, 5) is 54.8. The number of carbonyl (C=O) groups is 4. The number of nitrogens with zero attached hydrogens (tertiary/aromatic N) is 2. The normalized spacial score (nSPS) is 21.8. The van der Waals surface area contributed by atoms with E-state index < -0.39 is 37.8 Å². The summed E-state index contributed by atoms with van der Waals surface area (Å²) in [6.45, 7) is 12.8. The number of likely N-dealkylation sites (tertiary alicyclic amines) is 1. The Bertz CT molecular complexity index is 1450. The molecule has 1 saturated heterocycles. The van der Waals surface area contributed by atoms with Gasteiger partial charge in [-0.25, -0.2) is 4.79 Å². The number of nitrogens with one attached hydrogen (secondary N) is 1. The monoisotopic (exact) mass is 621 g/mol. The van der Waals surface area contributed by atoms with Crippen molar-refractivity contribution in [3.63, 3.8) is 0 Å². The van der Waals surface area contributed by atoms with E-state index in [0.29, 0.717) is 24.3 Å². The number of amides is 4. The first-order valence-electron chi connectivity index (χ1n) is 15.3. The summed E-state index contributed by atoms with van der Waals surface area (Å²) in [6.07, 6.45) is 0.154. The molecule has 4 amide bonds. The van der Waals surface area contributed by atoms with Gasteiger partial charge in [0.25, 0.3) is 11.8 Å². The van der Waals surface area contributed by atoms with Crippen molar-refractivity contribution in [3.05, 3.63) is 64.7 Å². The largest absolute Gasteiger partial charge is 0.488 e. The van der Waals surface area contributed by atoms with Crippen molar-refractivity contribution >= 4 is 31.9 Å². The number of fused-ring (bicyclic) bond motifs is 2. The molecule has 2 aliphatic heterocycles. The van der Waals surface area contributed by atoms with Crippen LogP contribution < -0.4 is 10.1 Å². The third-order valence-electron chi connectivity index (χ3n) is 8.13. The lowest BCUT2D eigenvalue weighted by molar-refractivity contribution is -0.158. The quantitative estimate of drug-likeness (QED) is 0.237. The molecule has 3 atom stereocenters. The number of piperidine rings is 1. The van der Waals surface area contributed by atoms with Gasteiger partial charge >= 0.3 is 6.09 Å². The molecule has 0 bridgehead atoms. The lowest BCUT2D eigenvalue weighted by Crippen LogP contribution is -2.55. The van der Waals surface area contributed by atoms with Crippen LogP contribution >= 0.6 is 0 Å². The predicted molar refractivity (Wildman–Crippen MR) is 167 cm³/mol. The SMILES string of the molecule is CC(C)(C)OC(=O)N[C@H]1c2ccccc2CC1Oc1ccc2c(c1)CN(C1CCC(=O)N(COCC[Si](C)(C)C)C1=O)C2=O. The summed E-state index contributed by atoms with van der Waals surface area (Å²) in [6, 6.07) is 13.0. The highest BCUT2D eigenvalue weighted by molar-refractivity contribution is 6.76. The fourth-order valence-corrected chi connectivity index (χ4v) is 6.63. The number of imide groups is 1. The molecule has 0 spiro atoms. The van der Waals surface area contributed by atoms with E-state index in [4.69, 9.17) is 14.2 Å². The average molecular weight is 622 g/mol. The van der Waals surface area contributed by atoms with Crippen molar-refractivity contribution in [1.29, 1.82) is 0 Å². The number of hydrogen-bond donors (Lipinski definition) is 1. The maximum absolute atomic E-state index is 13.4. The molecule has 3 aliphatic rings. The molecule has 0 aromatic heterocycles. The van der Waals surface area contributed by atoms with Crippen LogP contribution in [0, 0.1) is 0 Å². The fourth-order valence-electron chi connectivity index (χ4n) is 5.87. The van der Waals surface area contributed by atoms with Crippen LogP contribution in [0.25, 0.3) is 0 Å². The van der Waals surface area contributed by atoms with Crippen LogP contribution in [-0.2, 0) is 32.0 Å². The highest BCUT2D eigenvalue weighted by atomic mass is 28.3. The first kappa shape index (κ1) is 31.7. The molecule has 2 heterocycles. The topological polar surface area (TPSA) is 114 Å². The van der Waals surface area contributed by atoms with Crippen molar-refractivity contribution in [2.75, 3.05) is 13.3 Å². The van der Waals surface area contributed by atoms with E-state index in [0.717, 1.165) is 27.6 Å². The van der Waals surface area contributed by atoms with Crippen LogP contribution in [0.15, 0.2) is 42.5 Å². The molecule has 10 nitrogen and oxygen atoms in total. The molecule has 1 N–H and O–H groups in total. The Morgan fingerprint density at radius 1 is 1.05 bits per heavy atom. The van der Waals surface area contributed by atoms with Crippen molar-refractivity contribution in [2.24, 2.45) is 0 Å². The molecule has 1 aliphatic carbocycles. The van der Waals surface area contributed by atoms with Gasteiger partial charge in [0.15, 0.2) is 0 Å². The summed E-state index contributed by atoms with van der Waals surface area (Å²) in [5.41, 5.74) is 2.69. The minimum absolute atomic E-state index is 0.0894. The van der Waals surface area contributed by atoms with Gasteiger partial charge in [-0.3, -0.25) is 19.3 Å². The van der Waals surface area contributed by atoms with Gasteiger partial charge < -0.3 is 24.4 Å². The maximum Gasteiger partial charge on any atom is 0.408 e. The molecule has 0 saturated carbocycles. The van der Waals surface area contributed by atoms with Gasteiger partial charge in [-0.15, -0.1) is 0 Å². The Kier molecular flexibility index (Phi) is 8.91. The van der Waals surface area contributed by atoms with E-state index >= 15 is 0 Å². The van der Waals surface area contributed by atoms with Crippen LogP contribution in [-0.4, -0.2) is 72.8 Å². The van der Waals surface area contributed by atoms with Crippen molar-refractivity contribution in [2.45, 2.75) is 96.1 Å². The maximum atomic E-state index is 13.4. The highest BCUT2D eigenvalue weighted by Gasteiger charge is 2.43. The van der Waals surface area contributed by atoms with E-state index in [9.17, 15) is 19.2 Å². The summed E-state index contributed by atoms with van der Waals surface area (Å²) in [5, 5.41) is 2.98. The van der Waals surface area contributed by atoms with Gasteiger partial charge in [0.2, 0.25) is 5.91 Å². The van der Waals surface area contributed by atoms with Gasteiger partial charge in [0, 0.05) is 39.6 Å². The number of carbonyl (C=O) groups excluding carboxylic acids is 4. The average Bonchev–Trinajstić information content (AvgIpc) is 3.43. The Labute approximate surface area is 260 Å². The van der Waals surface area contributed by atoms with E-state index in [1.54, 1.807) is 17.0 Å². The first-order chi connectivity index (χ1) is 20.7. The van der Waals surface area contributed by atoms with E-state index in [-0.39, 0.29) is 44.0 Å². The van der Waals surface area contributed by atoms with Crippen molar-refractivity contribution in [3.8, 4) is 5.75 Å². The lowest BCUT2D eigenvalue weighted by Gasteiger charge is -2.35. The van der Waals surface area contributed by atoms with E-state index in [1.165, 1.54) is 0 Å². The molecule has 236 valence electrons. The van der Waals surface area contributed by atoms with Crippen LogP contribution in [0.3, 0.4) is 0 Å². The Hall–Kier alpha value is -3.70. The van der Waals surface area contributed by atoms with Gasteiger partial charge in [0.05, 0.1) is 6.04 Å². The van der Waals surface area contributed by atoms with Gasteiger partial charge in [-0.1, -0.05) is 43.9 Å². The molecule has 1 fully saturated rings. The van der Waals surface area contributed by atoms with Crippen LogP contribution in [0.2, 0.25) is 25.7 Å². The van der Waals surface area contributed by atoms with E-state index in [2.05, 4.69) is 25.0 Å². The van der Waals surface area contributed by atoms with Crippen LogP contribution in [0.4, 0.5) is 4.79 Å². The molecule has 0 radical (unpaired) electrons. The summed E-state index contributed by atoms with van der Waals surface area (Å²) in [5.74, 6) is -0.343. The fraction of sp³-hybridized carbons (Fsp3) is 0.515. The number of ether oxygens (including phenoxy) is 3. The zero-order chi connectivity index (χ0) is 31.8. The van der Waals surface area contributed by atoms with E-state index in [1.807, 2.05) is 51.1 Å². The molecular weight excluding hydrogens is 578 g/mol. The molecule has 2 aromatic rings. The summed E-state index contributed by atoms with van der Waals surface area (Å²) >= 11 is 0. The van der Waals surface area contributed by atoms with Gasteiger partial charge in [0.1, 0.15) is 30.2 Å². The standard InChI is InChI=1S/C33H43N3O7Si/c1-33(2,3)43-32(40)34-29-24-10-8-7-9-21(24)18-27(29)42-23-11-12-25-22(17-23)19-35(30(25)38)26-13-14-28(37)36(31(26)39)20-41-15-16-44(4,5)6/h7-12,17,26-27,29H,13-16,18-20H2,1-6H3,(H,34,40)/t26?,27?,29-/m0/s1. The first-order valence-corrected chi connectivity index (χ1v) is 19.0. The number of hydrogen-bond acceptors (Lipinski definition) is 7. The Morgan fingerprint density at radius 3 is 2.52 bits per heavy atom. The highest BCUT2D eigenvalue weighted by Crippen LogP contribution is 2.36. The smallest absolute Gasteiger partial charge is 0.408 e. The molecule has 44 heavy (non-hydrogen) atoms. The minimum atomic E-state index is -1.31. The predicted octanol–water partition coefficient (Wildman–Crippen LogP) is 5.04. The minimum Gasteiger partial charge on any atom is -0.488 e. The molecule has 5 rings (SSSR count). The second kappa shape index (κ2) is 12.4. The molecule has 2 unspecified atom stereocenters. The van der Waals surface area contributed by atoms with Crippen LogP contribution in [0.5, 0.6) is 5.75 Å². The summed E-state index contributed by atoms with van der Waals surface area (Å²) < 4.78 is 17.7. The third kappa shape index (κ3) is 7.15. The second-order valence-electron chi connectivity index (χ2n) is 14.0. The molecular formula is C33H43N3O7Si. The molecule has 2 aromatic carbocycles. The van der Waals surface area contributed by atoms with Crippen molar-refractivity contribution in [1.82, 2.24) is 15.1 Å². The zero-order valence-corrected chi connectivity index (χ0v) is 27.5. The summed E-state index contributed by atoms with van der Waals surface area (Å²) in [7, 11) is -1.31. The molecule has 11 heteroatoms.